The van der Waals surface area contributed by atoms with Crippen LogP contribution in [0.25, 0.3) is 0 Å². The molecule has 1 N–H and O–H groups in total. The van der Waals surface area contributed by atoms with E-state index in [0.29, 0.717) is 21.6 Å². The molecule has 0 aliphatic rings. The van der Waals surface area contributed by atoms with Gasteiger partial charge in [-0.1, -0.05) is 41.7 Å². The molecule has 0 aliphatic heterocycles. The molecule has 0 aliphatic carbocycles. The smallest absolute Gasteiger partial charge is 0.0653 e. The minimum atomic E-state index is 0.464. The third-order valence-corrected chi connectivity index (χ3v) is 3.89. The van der Waals surface area contributed by atoms with E-state index in [9.17, 15) is 0 Å². The third-order valence-electron chi connectivity index (χ3n) is 2.86. The van der Waals surface area contributed by atoms with Crippen LogP contribution >= 0.6 is 34.8 Å². The van der Waals surface area contributed by atoms with Crippen LogP contribution in [0.1, 0.15) is 19.0 Å². The maximum Gasteiger partial charge on any atom is 0.0653 e. The maximum absolute atomic E-state index is 6.13. The van der Waals surface area contributed by atoms with Gasteiger partial charge in [-0.25, -0.2) is 0 Å². The molecule has 0 radical (unpaired) electrons. The van der Waals surface area contributed by atoms with Crippen molar-refractivity contribution in [2.24, 2.45) is 0 Å². The Morgan fingerprint density at radius 1 is 1.11 bits per heavy atom. The van der Waals surface area contributed by atoms with Gasteiger partial charge in [-0.3, -0.25) is 0 Å². The molecule has 0 spiro atoms. The Balaban J connectivity index is 2.10. The first-order valence-electron chi connectivity index (χ1n) is 6.14. The molecular formula is C14H15Cl3N2. The lowest BCUT2D eigenvalue weighted by molar-refractivity contribution is 0.654. The van der Waals surface area contributed by atoms with Crippen LogP contribution in [0.15, 0.2) is 30.5 Å². The number of rotatable bonds is 5. The Morgan fingerprint density at radius 2 is 1.84 bits per heavy atom. The van der Waals surface area contributed by atoms with Crippen molar-refractivity contribution in [2.75, 3.05) is 5.32 Å². The predicted octanol–water partition coefficient (Wildman–Crippen LogP) is 5.47. The van der Waals surface area contributed by atoms with Crippen LogP contribution in [-0.2, 0) is 13.1 Å². The summed E-state index contributed by atoms with van der Waals surface area (Å²) in [5.41, 5.74) is 2.00. The Morgan fingerprint density at radius 3 is 2.58 bits per heavy atom. The molecule has 0 saturated heterocycles. The van der Waals surface area contributed by atoms with Gasteiger partial charge in [0.1, 0.15) is 0 Å². The van der Waals surface area contributed by atoms with Crippen LogP contribution in [0.3, 0.4) is 0 Å². The lowest BCUT2D eigenvalue weighted by Gasteiger charge is -2.12. The molecule has 102 valence electrons. The Bertz CT molecular complexity index is 564. The molecule has 0 amide bonds. The van der Waals surface area contributed by atoms with Crippen molar-refractivity contribution in [1.29, 1.82) is 0 Å². The summed E-state index contributed by atoms with van der Waals surface area (Å²) in [6.45, 7) is 3.87. The van der Waals surface area contributed by atoms with E-state index >= 15 is 0 Å². The topological polar surface area (TPSA) is 17.0 Å². The second-order valence-electron chi connectivity index (χ2n) is 4.29. The number of hydrogen-bond acceptors (Lipinski definition) is 1. The SMILES string of the molecule is CCCn1cccc1CNc1cc(Cl)c(Cl)cc1Cl. The highest BCUT2D eigenvalue weighted by Gasteiger charge is 2.07. The molecule has 1 aromatic carbocycles. The lowest BCUT2D eigenvalue weighted by Crippen LogP contribution is -2.07. The second kappa shape index (κ2) is 6.56. The fourth-order valence-corrected chi connectivity index (χ4v) is 2.53. The van der Waals surface area contributed by atoms with Gasteiger partial charge < -0.3 is 9.88 Å². The average molecular weight is 318 g/mol. The summed E-state index contributed by atoms with van der Waals surface area (Å²) in [5.74, 6) is 0. The molecule has 0 fully saturated rings. The number of nitrogens with zero attached hydrogens (tertiary/aromatic N) is 1. The van der Waals surface area contributed by atoms with Gasteiger partial charge in [0.2, 0.25) is 0 Å². The summed E-state index contributed by atoms with van der Waals surface area (Å²) in [6, 6.07) is 7.54. The van der Waals surface area contributed by atoms with E-state index < -0.39 is 0 Å². The summed E-state index contributed by atoms with van der Waals surface area (Å²) >= 11 is 18.0. The maximum atomic E-state index is 6.13. The Kier molecular flexibility index (Phi) is 5.03. The van der Waals surface area contributed by atoms with Crippen LogP contribution < -0.4 is 5.32 Å². The van der Waals surface area contributed by atoms with Gasteiger partial charge in [-0.2, -0.15) is 0 Å². The number of anilines is 1. The summed E-state index contributed by atoms with van der Waals surface area (Å²) in [6.07, 6.45) is 3.19. The summed E-state index contributed by atoms with van der Waals surface area (Å²) in [4.78, 5) is 0. The number of benzene rings is 1. The zero-order chi connectivity index (χ0) is 13.8. The van der Waals surface area contributed by atoms with Crippen LogP contribution in [0.4, 0.5) is 5.69 Å². The molecule has 0 saturated carbocycles. The van der Waals surface area contributed by atoms with Crippen molar-refractivity contribution in [3.05, 3.63) is 51.2 Å². The lowest BCUT2D eigenvalue weighted by atomic mass is 10.3. The fourth-order valence-electron chi connectivity index (χ4n) is 1.91. The number of halogens is 3. The summed E-state index contributed by atoms with van der Waals surface area (Å²) in [5, 5.41) is 4.82. The molecule has 0 atom stereocenters. The van der Waals surface area contributed by atoms with Gasteiger partial charge in [0.25, 0.3) is 0 Å². The van der Waals surface area contributed by atoms with E-state index in [-0.39, 0.29) is 0 Å². The molecule has 2 rings (SSSR count). The fraction of sp³-hybridized carbons (Fsp3) is 0.286. The zero-order valence-corrected chi connectivity index (χ0v) is 12.9. The van der Waals surface area contributed by atoms with Gasteiger partial charge in [-0.05, 0) is 30.7 Å². The zero-order valence-electron chi connectivity index (χ0n) is 10.6. The van der Waals surface area contributed by atoms with Crippen molar-refractivity contribution < 1.29 is 0 Å². The number of nitrogens with one attached hydrogen (secondary N) is 1. The van der Waals surface area contributed by atoms with Gasteiger partial charge in [0, 0.05) is 18.4 Å². The van der Waals surface area contributed by atoms with Crippen molar-refractivity contribution in [1.82, 2.24) is 4.57 Å². The van der Waals surface area contributed by atoms with Gasteiger partial charge in [0.15, 0.2) is 0 Å². The molecule has 0 unspecified atom stereocenters. The highest BCUT2D eigenvalue weighted by molar-refractivity contribution is 6.44. The average Bonchev–Trinajstić information content (AvgIpc) is 2.80. The van der Waals surface area contributed by atoms with Gasteiger partial charge >= 0.3 is 0 Å². The van der Waals surface area contributed by atoms with Crippen molar-refractivity contribution in [3.8, 4) is 0 Å². The number of hydrogen-bond donors (Lipinski definition) is 1. The monoisotopic (exact) mass is 316 g/mol. The van der Waals surface area contributed by atoms with Crippen LogP contribution in [-0.4, -0.2) is 4.57 Å². The summed E-state index contributed by atoms with van der Waals surface area (Å²) in [7, 11) is 0. The van der Waals surface area contributed by atoms with Crippen molar-refractivity contribution >= 4 is 40.5 Å². The normalized spacial score (nSPS) is 10.7. The van der Waals surface area contributed by atoms with Gasteiger partial charge in [-0.15, -0.1) is 0 Å². The molecule has 0 bridgehead atoms. The first-order valence-corrected chi connectivity index (χ1v) is 7.27. The Hall–Kier alpha value is -0.830. The number of aryl methyl sites for hydroxylation is 1. The van der Waals surface area contributed by atoms with E-state index in [2.05, 4.69) is 29.1 Å². The largest absolute Gasteiger partial charge is 0.378 e. The molecule has 2 aromatic rings. The van der Waals surface area contributed by atoms with Crippen LogP contribution in [0.5, 0.6) is 0 Å². The quantitative estimate of drug-likeness (QED) is 0.723. The number of aromatic nitrogens is 1. The van der Waals surface area contributed by atoms with E-state index in [1.807, 2.05) is 6.07 Å². The molecule has 19 heavy (non-hydrogen) atoms. The predicted molar refractivity (Wildman–Crippen MR) is 83.5 cm³/mol. The highest BCUT2D eigenvalue weighted by Crippen LogP contribution is 2.32. The highest BCUT2D eigenvalue weighted by atomic mass is 35.5. The Labute approximate surface area is 128 Å². The molecule has 1 heterocycles. The minimum Gasteiger partial charge on any atom is -0.378 e. The first kappa shape index (κ1) is 14.6. The second-order valence-corrected chi connectivity index (χ2v) is 5.51. The van der Waals surface area contributed by atoms with Crippen LogP contribution in [0, 0.1) is 0 Å². The summed E-state index contributed by atoms with van der Waals surface area (Å²) < 4.78 is 2.22. The van der Waals surface area contributed by atoms with Crippen molar-refractivity contribution in [2.45, 2.75) is 26.4 Å². The first-order chi connectivity index (χ1) is 9.11. The van der Waals surface area contributed by atoms with Crippen molar-refractivity contribution in [3.63, 3.8) is 0 Å². The molecule has 2 nitrogen and oxygen atoms in total. The van der Waals surface area contributed by atoms with E-state index in [4.69, 9.17) is 34.8 Å². The molecular weight excluding hydrogens is 303 g/mol. The van der Waals surface area contributed by atoms with E-state index in [1.165, 1.54) is 5.69 Å². The molecule has 1 aromatic heterocycles. The van der Waals surface area contributed by atoms with Crippen LogP contribution in [0.2, 0.25) is 15.1 Å². The third kappa shape index (κ3) is 3.59. The van der Waals surface area contributed by atoms with Gasteiger partial charge in [0.05, 0.1) is 27.3 Å². The van der Waals surface area contributed by atoms with E-state index in [0.717, 1.165) is 18.7 Å². The standard InChI is InChI=1S/C14H15Cl3N2/c1-2-5-19-6-3-4-10(19)9-18-14-8-12(16)11(15)7-13(14)17/h3-4,6-8,18H,2,5,9H2,1H3. The minimum absolute atomic E-state index is 0.464. The molecule has 5 heteroatoms. The van der Waals surface area contributed by atoms with E-state index in [1.54, 1.807) is 12.1 Å².